The molecule has 0 unspecified atom stereocenters. The van der Waals surface area contributed by atoms with Gasteiger partial charge in [-0.25, -0.2) is 0 Å². The van der Waals surface area contributed by atoms with Crippen LogP contribution in [0.2, 0.25) is 10.0 Å². The molecular formula is C13H19Cl2NO. The normalized spacial score (nSPS) is 12.7. The topological polar surface area (TPSA) is 32.3 Å². The van der Waals surface area contributed by atoms with Crippen molar-refractivity contribution >= 4 is 23.2 Å². The first-order valence-electron chi connectivity index (χ1n) is 5.99. The van der Waals surface area contributed by atoms with Crippen LogP contribution in [0.3, 0.4) is 0 Å². The molecule has 1 aromatic carbocycles. The Bertz CT molecular complexity index is 344. The molecule has 96 valence electrons. The van der Waals surface area contributed by atoms with Crippen molar-refractivity contribution in [3.63, 3.8) is 0 Å². The number of hydrogen-bond acceptors (Lipinski definition) is 2. The van der Waals surface area contributed by atoms with Crippen LogP contribution in [0.5, 0.6) is 0 Å². The molecule has 0 heterocycles. The van der Waals surface area contributed by atoms with Crippen LogP contribution in [0.1, 0.15) is 37.9 Å². The van der Waals surface area contributed by atoms with Gasteiger partial charge in [0.1, 0.15) is 0 Å². The Balaban J connectivity index is 2.36. The van der Waals surface area contributed by atoms with Crippen LogP contribution < -0.4 is 5.32 Å². The van der Waals surface area contributed by atoms with Gasteiger partial charge in [0, 0.05) is 6.54 Å². The lowest BCUT2D eigenvalue weighted by molar-refractivity contribution is 0.174. The summed E-state index contributed by atoms with van der Waals surface area (Å²) >= 11 is 11.7. The Kier molecular flexibility index (Phi) is 6.90. The van der Waals surface area contributed by atoms with Gasteiger partial charge in [0.05, 0.1) is 16.1 Å². The van der Waals surface area contributed by atoms with Crippen molar-refractivity contribution in [3.05, 3.63) is 33.8 Å². The van der Waals surface area contributed by atoms with Crippen molar-refractivity contribution in [2.24, 2.45) is 0 Å². The summed E-state index contributed by atoms with van der Waals surface area (Å²) in [6, 6.07) is 5.22. The van der Waals surface area contributed by atoms with E-state index >= 15 is 0 Å². The molecular weight excluding hydrogens is 257 g/mol. The molecule has 0 aliphatic heterocycles. The quantitative estimate of drug-likeness (QED) is 0.742. The van der Waals surface area contributed by atoms with Crippen LogP contribution in [-0.4, -0.2) is 18.2 Å². The maximum Gasteiger partial charge on any atom is 0.0914 e. The Morgan fingerprint density at radius 3 is 2.65 bits per heavy atom. The lowest BCUT2D eigenvalue weighted by Crippen LogP contribution is -2.22. The second-order valence-electron chi connectivity index (χ2n) is 4.10. The lowest BCUT2D eigenvalue weighted by Gasteiger charge is -2.12. The standard InChI is InChI=1S/C13H19Cl2NO/c1-2-3-4-7-16-9-13(17)10-5-6-11(14)12(15)8-10/h5-6,8,13,16-17H,2-4,7,9H2,1H3/t13-/m1/s1. The molecule has 0 aromatic heterocycles. The van der Waals surface area contributed by atoms with Crippen molar-refractivity contribution < 1.29 is 5.11 Å². The van der Waals surface area contributed by atoms with E-state index in [2.05, 4.69) is 12.2 Å². The fraction of sp³-hybridized carbons (Fsp3) is 0.538. The van der Waals surface area contributed by atoms with Crippen molar-refractivity contribution in [1.29, 1.82) is 0 Å². The highest BCUT2D eigenvalue weighted by atomic mass is 35.5. The smallest absolute Gasteiger partial charge is 0.0914 e. The van der Waals surface area contributed by atoms with Gasteiger partial charge in [-0.1, -0.05) is 49.0 Å². The number of aliphatic hydroxyl groups is 1. The molecule has 17 heavy (non-hydrogen) atoms. The van der Waals surface area contributed by atoms with Crippen LogP contribution in [0.4, 0.5) is 0 Å². The molecule has 0 radical (unpaired) electrons. The summed E-state index contributed by atoms with van der Waals surface area (Å²) in [4.78, 5) is 0. The first-order valence-corrected chi connectivity index (χ1v) is 6.74. The van der Waals surface area contributed by atoms with Gasteiger partial charge in [-0.3, -0.25) is 0 Å². The minimum Gasteiger partial charge on any atom is -0.387 e. The van der Waals surface area contributed by atoms with Crippen LogP contribution in [0.15, 0.2) is 18.2 Å². The van der Waals surface area contributed by atoms with Crippen LogP contribution >= 0.6 is 23.2 Å². The van der Waals surface area contributed by atoms with E-state index in [1.165, 1.54) is 12.8 Å². The maximum atomic E-state index is 9.93. The molecule has 0 amide bonds. The number of hydrogen-bond donors (Lipinski definition) is 2. The third-order valence-corrected chi connectivity index (χ3v) is 3.36. The van der Waals surface area contributed by atoms with Gasteiger partial charge in [-0.2, -0.15) is 0 Å². The zero-order valence-electron chi connectivity index (χ0n) is 10.0. The molecule has 0 aliphatic rings. The van der Waals surface area contributed by atoms with Crippen LogP contribution in [-0.2, 0) is 0 Å². The van der Waals surface area contributed by atoms with Gasteiger partial charge in [0.25, 0.3) is 0 Å². The summed E-state index contributed by atoms with van der Waals surface area (Å²) in [7, 11) is 0. The Labute approximate surface area is 113 Å². The molecule has 1 rings (SSSR count). The third-order valence-electron chi connectivity index (χ3n) is 2.62. The van der Waals surface area contributed by atoms with Crippen molar-refractivity contribution in [3.8, 4) is 0 Å². The van der Waals surface area contributed by atoms with E-state index in [4.69, 9.17) is 23.2 Å². The van der Waals surface area contributed by atoms with Crippen molar-refractivity contribution in [2.75, 3.05) is 13.1 Å². The largest absolute Gasteiger partial charge is 0.387 e. The SMILES string of the molecule is CCCCCNC[C@@H](O)c1ccc(Cl)c(Cl)c1. The van der Waals surface area contributed by atoms with Crippen LogP contribution in [0.25, 0.3) is 0 Å². The van der Waals surface area contributed by atoms with Gasteiger partial charge in [0.15, 0.2) is 0 Å². The second kappa shape index (κ2) is 7.93. The average molecular weight is 276 g/mol. The van der Waals surface area contributed by atoms with E-state index < -0.39 is 6.10 Å². The molecule has 0 saturated heterocycles. The zero-order chi connectivity index (χ0) is 12.7. The minimum atomic E-state index is -0.536. The van der Waals surface area contributed by atoms with E-state index in [1.807, 2.05) is 0 Å². The molecule has 2 N–H and O–H groups in total. The molecule has 1 atom stereocenters. The zero-order valence-corrected chi connectivity index (χ0v) is 11.6. The summed E-state index contributed by atoms with van der Waals surface area (Å²) in [6.45, 7) is 3.65. The summed E-state index contributed by atoms with van der Waals surface area (Å²) in [5, 5.41) is 14.1. The maximum absolute atomic E-state index is 9.93. The highest BCUT2D eigenvalue weighted by Crippen LogP contribution is 2.25. The van der Waals surface area contributed by atoms with Gasteiger partial charge in [-0.15, -0.1) is 0 Å². The minimum absolute atomic E-state index is 0.481. The first kappa shape index (κ1) is 14.8. The molecule has 0 bridgehead atoms. The summed E-state index contributed by atoms with van der Waals surface area (Å²) in [5.41, 5.74) is 0.794. The molecule has 0 saturated carbocycles. The molecule has 2 nitrogen and oxygen atoms in total. The molecule has 1 aromatic rings. The van der Waals surface area contributed by atoms with Gasteiger partial charge < -0.3 is 10.4 Å². The van der Waals surface area contributed by atoms with Gasteiger partial charge >= 0.3 is 0 Å². The number of benzene rings is 1. The number of unbranched alkanes of at least 4 members (excludes halogenated alkanes) is 2. The first-order chi connectivity index (χ1) is 8.15. The average Bonchev–Trinajstić information content (AvgIpc) is 2.32. The molecule has 4 heteroatoms. The highest BCUT2D eigenvalue weighted by molar-refractivity contribution is 6.42. The molecule has 0 aliphatic carbocycles. The number of halogens is 2. The van der Waals surface area contributed by atoms with Crippen molar-refractivity contribution in [1.82, 2.24) is 5.32 Å². The highest BCUT2D eigenvalue weighted by Gasteiger charge is 2.08. The van der Waals surface area contributed by atoms with E-state index in [1.54, 1.807) is 18.2 Å². The van der Waals surface area contributed by atoms with Gasteiger partial charge in [-0.05, 0) is 30.7 Å². The Morgan fingerprint density at radius 1 is 1.24 bits per heavy atom. The van der Waals surface area contributed by atoms with E-state index in [9.17, 15) is 5.11 Å². The van der Waals surface area contributed by atoms with Gasteiger partial charge in [0.2, 0.25) is 0 Å². The number of rotatable bonds is 7. The lowest BCUT2D eigenvalue weighted by atomic mass is 10.1. The fourth-order valence-electron chi connectivity index (χ4n) is 1.58. The predicted molar refractivity (Wildman–Crippen MR) is 73.8 cm³/mol. The summed E-state index contributed by atoms with van der Waals surface area (Å²) < 4.78 is 0. The Hall–Kier alpha value is -0.280. The number of nitrogens with one attached hydrogen (secondary N) is 1. The monoisotopic (exact) mass is 275 g/mol. The fourth-order valence-corrected chi connectivity index (χ4v) is 1.88. The summed E-state index contributed by atoms with van der Waals surface area (Å²) in [6.07, 6.45) is 3.03. The third kappa shape index (κ3) is 5.26. The summed E-state index contributed by atoms with van der Waals surface area (Å²) in [5.74, 6) is 0. The molecule has 0 fully saturated rings. The molecule has 0 spiro atoms. The van der Waals surface area contributed by atoms with E-state index in [-0.39, 0.29) is 0 Å². The van der Waals surface area contributed by atoms with Crippen molar-refractivity contribution in [2.45, 2.75) is 32.3 Å². The predicted octanol–water partition coefficient (Wildman–Crippen LogP) is 3.81. The number of aliphatic hydroxyl groups excluding tert-OH is 1. The van der Waals surface area contributed by atoms with Crippen LogP contribution in [0, 0.1) is 0 Å². The second-order valence-corrected chi connectivity index (χ2v) is 4.91. The Morgan fingerprint density at radius 2 is 2.00 bits per heavy atom. The van der Waals surface area contributed by atoms with E-state index in [0.29, 0.717) is 16.6 Å². The van der Waals surface area contributed by atoms with E-state index in [0.717, 1.165) is 18.5 Å².